The van der Waals surface area contributed by atoms with E-state index >= 15 is 0 Å². The summed E-state index contributed by atoms with van der Waals surface area (Å²) in [6.45, 7) is 4.41. The van der Waals surface area contributed by atoms with Gasteiger partial charge >= 0.3 is 0 Å². The zero-order valence-electron chi connectivity index (χ0n) is 14.3. The Kier molecular flexibility index (Phi) is 4.59. The molecule has 8 heteroatoms. The number of carbonyl (C=O) groups is 1. The molecule has 0 bridgehead atoms. The van der Waals surface area contributed by atoms with E-state index < -0.39 is 5.91 Å². The van der Waals surface area contributed by atoms with Crippen LogP contribution in [0, 0.1) is 13.8 Å². The standard InChI is InChI=1S/C17H19ClN6O/c1-10-5-4-6-12(7-10)9-24-17(20-14(21-24)8-13(19)25)16-15(18)11(2)23(3)22-16/h4-7H,8-9H2,1-3H3,(H2,19,25). The Morgan fingerprint density at radius 3 is 2.64 bits per heavy atom. The van der Waals surface area contributed by atoms with E-state index in [-0.39, 0.29) is 6.42 Å². The summed E-state index contributed by atoms with van der Waals surface area (Å²) in [6.07, 6.45) is -0.0305. The van der Waals surface area contributed by atoms with Gasteiger partial charge in [0.15, 0.2) is 11.6 Å². The molecule has 0 unspecified atom stereocenters. The third-order valence-electron chi connectivity index (χ3n) is 3.94. The quantitative estimate of drug-likeness (QED) is 0.755. The van der Waals surface area contributed by atoms with E-state index in [1.165, 1.54) is 0 Å². The van der Waals surface area contributed by atoms with Gasteiger partial charge in [-0.3, -0.25) is 9.48 Å². The van der Waals surface area contributed by atoms with Gasteiger partial charge in [0.2, 0.25) is 5.91 Å². The summed E-state index contributed by atoms with van der Waals surface area (Å²) in [4.78, 5) is 15.7. The van der Waals surface area contributed by atoms with Crippen LogP contribution in [0.15, 0.2) is 24.3 Å². The van der Waals surface area contributed by atoms with Gasteiger partial charge in [0.05, 0.1) is 23.7 Å². The first-order chi connectivity index (χ1) is 11.8. The fourth-order valence-corrected chi connectivity index (χ4v) is 2.86. The second-order valence-electron chi connectivity index (χ2n) is 6.01. The van der Waals surface area contributed by atoms with Crippen molar-refractivity contribution in [3.8, 4) is 11.5 Å². The number of hydrogen-bond acceptors (Lipinski definition) is 4. The number of carbonyl (C=O) groups excluding carboxylic acids is 1. The SMILES string of the molecule is Cc1cccc(Cn2nc(CC(N)=O)nc2-c2nn(C)c(C)c2Cl)c1. The lowest BCUT2D eigenvalue weighted by molar-refractivity contribution is -0.117. The molecule has 3 aromatic rings. The fourth-order valence-electron chi connectivity index (χ4n) is 2.61. The molecule has 2 aromatic heterocycles. The number of hydrogen-bond donors (Lipinski definition) is 1. The Balaban J connectivity index is 2.07. The van der Waals surface area contributed by atoms with Gasteiger partial charge in [0.1, 0.15) is 5.69 Å². The van der Waals surface area contributed by atoms with Crippen molar-refractivity contribution in [2.75, 3.05) is 0 Å². The molecule has 7 nitrogen and oxygen atoms in total. The molecule has 2 heterocycles. The number of nitrogens with zero attached hydrogens (tertiary/aromatic N) is 5. The molecule has 130 valence electrons. The van der Waals surface area contributed by atoms with Crippen LogP contribution in [0.3, 0.4) is 0 Å². The van der Waals surface area contributed by atoms with Gasteiger partial charge in [-0.1, -0.05) is 41.4 Å². The smallest absolute Gasteiger partial charge is 0.225 e. The molecule has 0 aliphatic rings. The number of benzene rings is 1. The van der Waals surface area contributed by atoms with Crippen LogP contribution in [0.5, 0.6) is 0 Å². The Labute approximate surface area is 150 Å². The fraction of sp³-hybridized carbons (Fsp3) is 0.294. The van der Waals surface area contributed by atoms with E-state index in [4.69, 9.17) is 17.3 Å². The molecule has 0 fully saturated rings. The molecule has 0 atom stereocenters. The van der Waals surface area contributed by atoms with Crippen molar-refractivity contribution in [2.45, 2.75) is 26.8 Å². The highest BCUT2D eigenvalue weighted by Gasteiger charge is 2.21. The number of rotatable bonds is 5. The minimum Gasteiger partial charge on any atom is -0.369 e. The Bertz CT molecular complexity index is 943. The molecule has 1 aromatic carbocycles. The van der Waals surface area contributed by atoms with Crippen molar-refractivity contribution in [1.82, 2.24) is 24.5 Å². The van der Waals surface area contributed by atoms with Crippen LogP contribution in [-0.4, -0.2) is 30.5 Å². The van der Waals surface area contributed by atoms with Crippen LogP contribution in [0.4, 0.5) is 0 Å². The number of aromatic nitrogens is 5. The van der Waals surface area contributed by atoms with E-state index in [0.29, 0.717) is 28.9 Å². The van der Waals surface area contributed by atoms with Crippen LogP contribution in [0.25, 0.3) is 11.5 Å². The lowest BCUT2D eigenvalue weighted by Gasteiger charge is -2.06. The second kappa shape index (κ2) is 6.68. The highest BCUT2D eigenvalue weighted by molar-refractivity contribution is 6.33. The maximum atomic E-state index is 11.2. The van der Waals surface area contributed by atoms with Crippen molar-refractivity contribution < 1.29 is 4.79 Å². The monoisotopic (exact) mass is 358 g/mol. The van der Waals surface area contributed by atoms with Crippen LogP contribution in [-0.2, 0) is 24.8 Å². The van der Waals surface area contributed by atoms with Gasteiger partial charge < -0.3 is 5.73 Å². The summed E-state index contributed by atoms with van der Waals surface area (Å²) in [5, 5.41) is 9.39. The lowest BCUT2D eigenvalue weighted by Crippen LogP contribution is -2.15. The molecule has 0 spiro atoms. The molecule has 0 aliphatic heterocycles. The maximum Gasteiger partial charge on any atom is 0.225 e. The lowest BCUT2D eigenvalue weighted by atomic mass is 10.1. The molecule has 25 heavy (non-hydrogen) atoms. The number of aryl methyl sites for hydroxylation is 2. The third kappa shape index (κ3) is 3.56. The highest BCUT2D eigenvalue weighted by Crippen LogP contribution is 2.28. The van der Waals surface area contributed by atoms with Gasteiger partial charge in [-0.25, -0.2) is 9.67 Å². The average Bonchev–Trinajstić information content (AvgIpc) is 3.02. The third-order valence-corrected chi connectivity index (χ3v) is 4.39. The Morgan fingerprint density at radius 2 is 2.04 bits per heavy atom. The van der Waals surface area contributed by atoms with Crippen LogP contribution >= 0.6 is 11.6 Å². The predicted octanol–water partition coefficient (Wildman–Crippen LogP) is 2.02. The predicted molar refractivity (Wildman–Crippen MR) is 95.2 cm³/mol. The van der Waals surface area contributed by atoms with Crippen molar-refractivity contribution in [3.63, 3.8) is 0 Å². The minimum absolute atomic E-state index is 0.0305. The van der Waals surface area contributed by atoms with Crippen molar-refractivity contribution in [1.29, 1.82) is 0 Å². The second-order valence-corrected chi connectivity index (χ2v) is 6.39. The Morgan fingerprint density at radius 1 is 1.28 bits per heavy atom. The summed E-state index contributed by atoms with van der Waals surface area (Å²) >= 11 is 6.41. The zero-order valence-corrected chi connectivity index (χ0v) is 15.1. The summed E-state index contributed by atoms with van der Waals surface area (Å²) < 4.78 is 3.40. The topological polar surface area (TPSA) is 91.6 Å². The van der Waals surface area contributed by atoms with Crippen LogP contribution < -0.4 is 5.73 Å². The highest BCUT2D eigenvalue weighted by atomic mass is 35.5. The van der Waals surface area contributed by atoms with E-state index in [1.54, 1.807) is 9.36 Å². The molecule has 1 amide bonds. The van der Waals surface area contributed by atoms with E-state index in [2.05, 4.69) is 21.2 Å². The number of halogens is 1. The summed E-state index contributed by atoms with van der Waals surface area (Å²) in [5.74, 6) is 0.392. The van der Waals surface area contributed by atoms with Crippen LogP contribution in [0.2, 0.25) is 5.02 Å². The first-order valence-corrected chi connectivity index (χ1v) is 8.20. The van der Waals surface area contributed by atoms with Crippen molar-refractivity contribution in [3.05, 3.63) is 51.9 Å². The Hall–Kier alpha value is -2.67. The molecule has 0 saturated heterocycles. The largest absolute Gasteiger partial charge is 0.369 e. The first kappa shape index (κ1) is 17.2. The van der Waals surface area contributed by atoms with Crippen molar-refractivity contribution in [2.24, 2.45) is 12.8 Å². The molecular formula is C17H19ClN6O. The normalized spacial score (nSPS) is 11.0. The van der Waals surface area contributed by atoms with E-state index in [0.717, 1.165) is 16.8 Å². The molecule has 2 N–H and O–H groups in total. The summed E-state index contributed by atoms with van der Waals surface area (Å²) in [5.41, 5.74) is 8.88. The number of amides is 1. The van der Waals surface area contributed by atoms with Crippen molar-refractivity contribution >= 4 is 17.5 Å². The molecule has 0 radical (unpaired) electrons. The van der Waals surface area contributed by atoms with E-state index in [9.17, 15) is 4.79 Å². The summed E-state index contributed by atoms with van der Waals surface area (Å²) in [7, 11) is 1.82. The molecule has 0 saturated carbocycles. The van der Waals surface area contributed by atoms with Crippen LogP contribution in [0.1, 0.15) is 22.6 Å². The summed E-state index contributed by atoms with van der Waals surface area (Å²) in [6, 6.07) is 8.11. The van der Waals surface area contributed by atoms with Gasteiger partial charge in [-0.05, 0) is 19.4 Å². The molecular weight excluding hydrogens is 340 g/mol. The van der Waals surface area contributed by atoms with Gasteiger partial charge in [0.25, 0.3) is 0 Å². The van der Waals surface area contributed by atoms with Gasteiger partial charge in [-0.15, -0.1) is 0 Å². The first-order valence-electron chi connectivity index (χ1n) is 7.82. The van der Waals surface area contributed by atoms with Gasteiger partial charge in [0, 0.05) is 7.05 Å². The maximum absolute atomic E-state index is 11.2. The number of primary amides is 1. The number of nitrogens with two attached hydrogens (primary N) is 1. The molecule has 3 rings (SSSR count). The molecule has 0 aliphatic carbocycles. The average molecular weight is 359 g/mol. The van der Waals surface area contributed by atoms with Gasteiger partial charge in [-0.2, -0.15) is 10.2 Å². The zero-order chi connectivity index (χ0) is 18.1. The van der Waals surface area contributed by atoms with E-state index in [1.807, 2.05) is 39.1 Å². The minimum atomic E-state index is -0.484.